The topological polar surface area (TPSA) is 106 Å². The van der Waals surface area contributed by atoms with E-state index in [1.165, 1.54) is 24.3 Å². The zero-order chi connectivity index (χ0) is 16.5. The predicted octanol–water partition coefficient (Wildman–Crippen LogP) is 0.668. The smallest absolute Gasteiger partial charge is 0.269 e. The van der Waals surface area contributed by atoms with Gasteiger partial charge in [0.1, 0.15) is 0 Å². The van der Waals surface area contributed by atoms with Gasteiger partial charge in [0.15, 0.2) is 5.11 Å². The number of ether oxygens (including phenoxy) is 1. The largest absolute Gasteiger partial charge is 0.383 e. The molecule has 1 atom stereocenters. The molecule has 0 fully saturated rings. The molecule has 1 aromatic carbocycles. The van der Waals surface area contributed by atoms with Gasteiger partial charge in [0.05, 0.1) is 18.0 Å². The van der Waals surface area contributed by atoms with Gasteiger partial charge in [-0.25, -0.2) is 0 Å². The van der Waals surface area contributed by atoms with Gasteiger partial charge in [-0.1, -0.05) is 12.1 Å². The van der Waals surface area contributed by atoms with E-state index in [1.54, 1.807) is 7.11 Å². The molecule has 0 heterocycles. The third kappa shape index (κ3) is 6.46. The van der Waals surface area contributed by atoms with Gasteiger partial charge < -0.3 is 10.1 Å². The molecule has 9 heteroatoms. The number of nitro groups is 1. The molecule has 1 aromatic rings. The average molecular weight is 326 g/mol. The number of non-ortho nitro benzene ring substituents is 1. The number of amides is 1. The fraction of sp³-hybridized carbons (Fsp3) is 0.385. The molecule has 1 rings (SSSR count). The lowest BCUT2D eigenvalue weighted by atomic mass is 10.1. The summed E-state index contributed by atoms with van der Waals surface area (Å²) in [4.78, 5) is 21.8. The van der Waals surface area contributed by atoms with Crippen molar-refractivity contribution in [2.75, 3.05) is 13.7 Å². The molecular formula is C13H18N4O4S. The predicted molar refractivity (Wildman–Crippen MR) is 85.2 cm³/mol. The van der Waals surface area contributed by atoms with E-state index in [0.717, 1.165) is 0 Å². The number of nitro benzene ring substituents is 1. The highest BCUT2D eigenvalue weighted by molar-refractivity contribution is 7.80. The second-order valence-electron chi connectivity index (χ2n) is 4.60. The van der Waals surface area contributed by atoms with Crippen molar-refractivity contribution in [2.24, 2.45) is 0 Å². The number of benzene rings is 1. The van der Waals surface area contributed by atoms with Gasteiger partial charge in [-0.15, -0.1) is 0 Å². The SMILES string of the molecule is COC[C@H](C)NC(=S)NNC(=O)Cc1ccc([N+](=O)[O-])cc1. The Hall–Kier alpha value is -2.26. The van der Waals surface area contributed by atoms with E-state index >= 15 is 0 Å². The van der Waals surface area contributed by atoms with Crippen molar-refractivity contribution in [1.82, 2.24) is 16.2 Å². The van der Waals surface area contributed by atoms with Gasteiger partial charge in [0, 0.05) is 25.3 Å². The Balaban J connectivity index is 2.37. The zero-order valence-corrected chi connectivity index (χ0v) is 13.1. The molecule has 8 nitrogen and oxygen atoms in total. The lowest BCUT2D eigenvalue weighted by molar-refractivity contribution is -0.384. The Bertz CT molecular complexity index is 535. The number of thiocarbonyl (C=S) groups is 1. The van der Waals surface area contributed by atoms with Crippen molar-refractivity contribution in [3.05, 3.63) is 39.9 Å². The molecule has 0 unspecified atom stereocenters. The van der Waals surface area contributed by atoms with Crippen molar-refractivity contribution in [3.8, 4) is 0 Å². The quantitative estimate of drug-likeness (QED) is 0.401. The van der Waals surface area contributed by atoms with Crippen LogP contribution in [0.25, 0.3) is 0 Å². The fourth-order valence-corrected chi connectivity index (χ4v) is 1.90. The summed E-state index contributed by atoms with van der Waals surface area (Å²) in [6.07, 6.45) is 0.0846. The van der Waals surface area contributed by atoms with Crippen LogP contribution in [0.1, 0.15) is 12.5 Å². The summed E-state index contributed by atoms with van der Waals surface area (Å²) >= 11 is 5.01. The molecule has 0 spiro atoms. The van der Waals surface area contributed by atoms with Crippen LogP contribution in [0, 0.1) is 10.1 Å². The number of methoxy groups -OCH3 is 1. The minimum atomic E-state index is -0.489. The Kier molecular flexibility index (Phi) is 7.20. The van der Waals surface area contributed by atoms with E-state index in [1.807, 2.05) is 6.92 Å². The maximum absolute atomic E-state index is 11.7. The average Bonchev–Trinajstić information content (AvgIpc) is 2.46. The summed E-state index contributed by atoms with van der Waals surface area (Å²) in [5.41, 5.74) is 5.68. The van der Waals surface area contributed by atoms with Crippen molar-refractivity contribution in [3.63, 3.8) is 0 Å². The maximum Gasteiger partial charge on any atom is 0.269 e. The Morgan fingerprint density at radius 3 is 2.55 bits per heavy atom. The monoisotopic (exact) mass is 326 g/mol. The molecule has 0 bridgehead atoms. The fourth-order valence-electron chi connectivity index (χ4n) is 1.64. The van der Waals surface area contributed by atoms with Gasteiger partial charge in [-0.3, -0.25) is 25.8 Å². The summed E-state index contributed by atoms with van der Waals surface area (Å²) in [6.45, 7) is 2.37. The summed E-state index contributed by atoms with van der Waals surface area (Å²) < 4.78 is 4.95. The van der Waals surface area contributed by atoms with Gasteiger partial charge in [-0.05, 0) is 24.7 Å². The lowest BCUT2D eigenvalue weighted by Gasteiger charge is -2.16. The standard InChI is InChI=1S/C13H18N4O4S/c1-9(8-21-2)14-13(22)16-15-12(18)7-10-3-5-11(6-4-10)17(19)20/h3-6,9H,7-8H2,1-2H3,(H,15,18)(H2,14,16,22)/t9-/m0/s1. The second-order valence-corrected chi connectivity index (χ2v) is 5.01. The number of hydrazine groups is 1. The van der Waals surface area contributed by atoms with Crippen LogP contribution in [-0.4, -0.2) is 35.7 Å². The molecule has 0 radical (unpaired) electrons. The first-order chi connectivity index (χ1) is 10.4. The van der Waals surface area contributed by atoms with Crippen molar-refractivity contribution >= 4 is 28.9 Å². The normalized spacial score (nSPS) is 11.4. The first kappa shape index (κ1) is 17.8. The van der Waals surface area contributed by atoms with E-state index in [-0.39, 0.29) is 29.2 Å². The number of rotatable bonds is 6. The van der Waals surface area contributed by atoms with Crippen LogP contribution in [0.3, 0.4) is 0 Å². The van der Waals surface area contributed by atoms with E-state index in [4.69, 9.17) is 17.0 Å². The summed E-state index contributed by atoms with van der Waals surface area (Å²) in [5, 5.41) is 13.7. The number of hydrogen-bond donors (Lipinski definition) is 3. The molecule has 120 valence electrons. The van der Waals surface area contributed by atoms with Gasteiger partial charge in [0.25, 0.3) is 5.69 Å². The van der Waals surface area contributed by atoms with E-state index in [2.05, 4.69) is 16.2 Å². The Morgan fingerprint density at radius 2 is 2.00 bits per heavy atom. The first-order valence-corrected chi connectivity index (χ1v) is 6.90. The molecule has 0 aliphatic rings. The molecule has 0 aliphatic heterocycles. The molecular weight excluding hydrogens is 308 g/mol. The van der Waals surface area contributed by atoms with Gasteiger partial charge in [0.2, 0.25) is 5.91 Å². The van der Waals surface area contributed by atoms with Crippen LogP contribution < -0.4 is 16.2 Å². The molecule has 0 aliphatic carbocycles. The minimum absolute atomic E-state index is 0.0107. The van der Waals surface area contributed by atoms with Crippen molar-refractivity contribution < 1.29 is 14.5 Å². The number of hydrogen-bond acceptors (Lipinski definition) is 5. The molecule has 0 aromatic heterocycles. The van der Waals surface area contributed by atoms with E-state index in [9.17, 15) is 14.9 Å². The third-order valence-corrected chi connectivity index (χ3v) is 2.84. The Labute approximate surface area is 133 Å². The van der Waals surface area contributed by atoms with E-state index in [0.29, 0.717) is 12.2 Å². The highest BCUT2D eigenvalue weighted by Gasteiger charge is 2.08. The summed E-state index contributed by atoms with van der Waals surface area (Å²) in [5.74, 6) is -0.308. The summed E-state index contributed by atoms with van der Waals surface area (Å²) in [6, 6.07) is 5.80. The maximum atomic E-state index is 11.7. The number of carbonyl (C=O) groups excluding carboxylic acids is 1. The van der Waals surface area contributed by atoms with Crippen LogP contribution in [0.2, 0.25) is 0 Å². The first-order valence-electron chi connectivity index (χ1n) is 6.50. The third-order valence-electron chi connectivity index (χ3n) is 2.62. The van der Waals surface area contributed by atoms with E-state index < -0.39 is 4.92 Å². The Morgan fingerprint density at radius 1 is 1.36 bits per heavy atom. The molecule has 0 saturated heterocycles. The van der Waals surface area contributed by atoms with Gasteiger partial charge >= 0.3 is 0 Å². The second kappa shape index (κ2) is 8.90. The molecule has 3 N–H and O–H groups in total. The number of carbonyl (C=O) groups is 1. The highest BCUT2D eigenvalue weighted by atomic mass is 32.1. The van der Waals surface area contributed by atoms with Gasteiger partial charge in [-0.2, -0.15) is 0 Å². The van der Waals surface area contributed by atoms with Crippen LogP contribution in [0.15, 0.2) is 24.3 Å². The molecule has 22 heavy (non-hydrogen) atoms. The zero-order valence-electron chi connectivity index (χ0n) is 12.3. The minimum Gasteiger partial charge on any atom is -0.383 e. The van der Waals surface area contributed by atoms with Crippen molar-refractivity contribution in [2.45, 2.75) is 19.4 Å². The summed E-state index contributed by atoms with van der Waals surface area (Å²) in [7, 11) is 1.58. The highest BCUT2D eigenvalue weighted by Crippen LogP contribution is 2.12. The van der Waals surface area contributed by atoms with Crippen LogP contribution in [0.5, 0.6) is 0 Å². The van der Waals surface area contributed by atoms with Crippen LogP contribution >= 0.6 is 12.2 Å². The molecule has 0 saturated carbocycles. The lowest BCUT2D eigenvalue weighted by Crippen LogP contribution is -2.50. The van der Waals surface area contributed by atoms with Crippen molar-refractivity contribution in [1.29, 1.82) is 0 Å². The number of nitrogens with zero attached hydrogens (tertiary/aromatic N) is 1. The number of nitrogens with one attached hydrogen (secondary N) is 3. The molecule has 1 amide bonds. The van der Waals surface area contributed by atoms with Crippen LogP contribution in [-0.2, 0) is 16.0 Å². The van der Waals surface area contributed by atoms with Crippen LogP contribution in [0.4, 0.5) is 5.69 Å².